The van der Waals surface area contributed by atoms with Gasteiger partial charge in [-0.2, -0.15) is 0 Å². The minimum absolute atomic E-state index is 0.337. The first-order chi connectivity index (χ1) is 11.1. The van der Waals surface area contributed by atoms with E-state index in [1.165, 1.54) is 57.8 Å². The Bertz CT molecular complexity index is 213. The van der Waals surface area contributed by atoms with Crippen molar-refractivity contribution in [2.75, 3.05) is 0 Å². The van der Waals surface area contributed by atoms with E-state index in [1.54, 1.807) is 13.3 Å². The van der Waals surface area contributed by atoms with Crippen molar-refractivity contribution in [1.82, 2.24) is 0 Å². The first-order valence-corrected chi connectivity index (χ1v) is 16.2. The number of rotatable bonds is 15. The van der Waals surface area contributed by atoms with Crippen molar-refractivity contribution in [2.45, 2.75) is 118 Å². The zero-order valence-electron chi connectivity index (χ0n) is 16.5. The topological polar surface area (TPSA) is 37.3 Å². The molecule has 0 aliphatic rings. The first-order valence-electron chi connectivity index (χ1n) is 10.2. The summed E-state index contributed by atoms with van der Waals surface area (Å²) in [7, 11) is 0. The van der Waals surface area contributed by atoms with Crippen LogP contribution in [0.3, 0.4) is 0 Å². The fraction of sp³-hybridized carbons (Fsp3) is 0.950. The van der Waals surface area contributed by atoms with Crippen molar-refractivity contribution in [1.29, 1.82) is 0 Å². The second-order valence-electron chi connectivity index (χ2n) is 6.62. The van der Waals surface area contributed by atoms with Crippen molar-refractivity contribution in [3.8, 4) is 0 Å². The van der Waals surface area contributed by atoms with Crippen molar-refractivity contribution in [3.63, 3.8) is 0 Å². The van der Waals surface area contributed by atoms with Gasteiger partial charge in [0.2, 0.25) is 0 Å². The molecule has 0 saturated heterocycles. The zero-order chi connectivity index (χ0) is 17.8. The van der Waals surface area contributed by atoms with Crippen LogP contribution in [-0.2, 0) is 4.79 Å². The summed E-state index contributed by atoms with van der Waals surface area (Å²) in [6.07, 6.45) is 14.7. The number of hydrogen-bond donors (Lipinski definition) is 1. The molecule has 0 bridgehead atoms. The Kier molecular flexibility index (Phi) is 24.7. The van der Waals surface area contributed by atoms with E-state index in [4.69, 9.17) is 5.11 Å². The summed E-state index contributed by atoms with van der Waals surface area (Å²) in [4.78, 5) is 10.0. The summed E-state index contributed by atoms with van der Waals surface area (Å²) in [5, 5.41) is 8.27. The van der Waals surface area contributed by atoms with Crippen LogP contribution in [0.1, 0.15) is 105 Å². The second kappa shape index (κ2) is 22.3. The Morgan fingerprint density at radius 3 is 1.39 bits per heavy atom. The molecular formula is C20H43O2Sn. The molecule has 2 nitrogen and oxygen atoms in total. The summed E-state index contributed by atoms with van der Waals surface area (Å²) in [5.41, 5.74) is 0. The van der Waals surface area contributed by atoms with Crippen molar-refractivity contribution in [3.05, 3.63) is 0 Å². The molecule has 0 fully saturated rings. The maximum atomic E-state index is 10.0. The normalized spacial score (nSPS) is 10.5. The Labute approximate surface area is 153 Å². The van der Waals surface area contributed by atoms with Crippen molar-refractivity contribution < 1.29 is 9.90 Å². The van der Waals surface area contributed by atoms with E-state index in [-0.39, 0.29) is 0 Å². The molecule has 0 saturated carbocycles. The quantitative estimate of drug-likeness (QED) is 0.217. The van der Waals surface area contributed by atoms with E-state index in [2.05, 4.69) is 27.7 Å². The van der Waals surface area contributed by atoms with Gasteiger partial charge in [0.25, 0.3) is 0 Å². The monoisotopic (exact) mass is 435 g/mol. The van der Waals surface area contributed by atoms with Crippen LogP contribution in [0.2, 0.25) is 13.3 Å². The van der Waals surface area contributed by atoms with Crippen LogP contribution in [-0.4, -0.2) is 30.8 Å². The van der Waals surface area contributed by atoms with Gasteiger partial charge in [-0.15, -0.1) is 0 Å². The summed E-state index contributed by atoms with van der Waals surface area (Å²) >= 11 is -0.839. The van der Waals surface area contributed by atoms with Crippen LogP contribution >= 0.6 is 0 Å². The fourth-order valence-electron chi connectivity index (χ4n) is 2.54. The molecule has 0 aromatic rings. The average Bonchev–Trinajstić information content (AvgIpc) is 2.54. The van der Waals surface area contributed by atoms with Crippen molar-refractivity contribution in [2.24, 2.45) is 0 Å². The van der Waals surface area contributed by atoms with Gasteiger partial charge in [-0.05, 0) is 6.42 Å². The number of carbonyl (C=O) groups is 1. The number of carboxylic acid groups (broad SMARTS) is 1. The van der Waals surface area contributed by atoms with E-state index >= 15 is 0 Å². The Hall–Kier alpha value is 0.269. The molecule has 0 amide bonds. The summed E-state index contributed by atoms with van der Waals surface area (Å²) in [6, 6.07) is 0. The number of unbranched alkanes of at least 4 members (excludes halogenated alkanes) is 7. The van der Waals surface area contributed by atoms with E-state index in [0.717, 1.165) is 12.8 Å². The van der Waals surface area contributed by atoms with Gasteiger partial charge in [-0.1, -0.05) is 32.6 Å². The molecule has 0 aromatic carbocycles. The summed E-state index contributed by atoms with van der Waals surface area (Å²) in [6.45, 7) is 9.15. The maximum absolute atomic E-state index is 10.0. The molecule has 1 radical (unpaired) electrons. The molecule has 0 unspecified atom stereocenters. The number of hydrogen-bond acceptors (Lipinski definition) is 1. The van der Waals surface area contributed by atoms with Gasteiger partial charge in [0, 0.05) is 6.42 Å². The molecule has 0 rings (SSSR count). The van der Waals surface area contributed by atoms with Gasteiger partial charge < -0.3 is 5.11 Å². The fourth-order valence-corrected chi connectivity index (χ4v) is 12.0. The number of carboxylic acids is 1. The van der Waals surface area contributed by atoms with Crippen molar-refractivity contribution >= 4 is 25.7 Å². The average molecular weight is 434 g/mol. The number of aliphatic carboxylic acids is 1. The van der Waals surface area contributed by atoms with Crippen LogP contribution in [0.5, 0.6) is 0 Å². The molecule has 0 spiro atoms. The predicted molar refractivity (Wildman–Crippen MR) is 106 cm³/mol. The molecule has 1 N–H and O–H groups in total. The van der Waals surface area contributed by atoms with Crippen LogP contribution < -0.4 is 0 Å². The second-order valence-corrected chi connectivity index (χ2v) is 15.2. The van der Waals surface area contributed by atoms with E-state index in [9.17, 15) is 4.79 Å². The third-order valence-electron chi connectivity index (χ3n) is 4.15. The van der Waals surface area contributed by atoms with E-state index in [1.807, 2.05) is 0 Å². The summed E-state index contributed by atoms with van der Waals surface area (Å²) in [5.74, 6) is -0.670. The SMILES string of the molecule is CCCCCCCC(=O)O.CCC[CH2][Sn]([CH2]CCC)[CH2]CCC. The molecule has 3 heteroatoms. The first kappa shape index (κ1) is 25.5. The van der Waals surface area contributed by atoms with Gasteiger partial charge in [-0.25, -0.2) is 0 Å². The predicted octanol–water partition coefficient (Wildman–Crippen LogP) is 7.31. The molecule has 0 aromatic heterocycles. The van der Waals surface area contributed by atoms with E-state index in [0.29, 0.717) is 6.42 Å². The van der Waals surface area contributed by atoms with Gasteiger partial charge in [-0.3, -0.25) is 4.79 Å². The van der Waals surface area contributed by atoms with Gasteiger partial charge in [0.15, 0.2) is 0 Å². The molecular weight excluding hydrogens is 391 g/mol. The van der Waals surface area contributed by atoms with Crippen LogP contribution in [0, 0.1) is 0 Å². The van der Waals surface area contributed by atoms with Gasteiger partial charge in [0.1, 0.15) is 0 Å². The minimum atomic E-state index is -0.839. The van der Waals surface area contributed by atoms with E-state index < -0.39 is 25.7 Å². The molecule has 139 valence electrons. The van der Waals surface area contributed by atoms with Crippen LogP contribution in [0.15, 0.2) is 0 Å². The molecule has 0 heterocycles. The van der Waals surface area contributed by atoms with Crippen LogP contribution in [0.25, 0.3) is 0 Å². The van der Waals surface area contributed by atoms with Crippen LogP contribution in [0.4, 0.5) is 0 Å². The Balaban J connectivity index is 0. The molecule has 0 aliphatic carbocycles. The van der Waals surface area contributed by atoms with Gasteiger partial charge >= 0.3 is 98.3 Å². The molecule has 0 aliphatic heterocycles. The molecule has 0 atom stereocenters. The summed E-state index contributed by atoms with van der Waals surface area (Å²) < 4.78 is 5.04. The zero-order valence-corrected chi connectivity index (χ0v) is 19.3. The van der Waals surface area contributed by atoms with Gasteiger partial charge in [0.05, 0.1) is 0 Å². The third-order valence-corrected chi connectivity index (χ3v) is 13.2. The molecule has 23 heavy (non-hydrogen) atoms. The Morgan fingerprint density at radius 1 is 0.652 bits per heavy atom. The third kappa shape index (κ3) is 24.6. The Morgan fingerprint density at radius 2 is 1.04 bits per heavy atom. The standard InChI is InChI=1S/C8H16O2.3C4H9.Sn/c1-2-3-4-5-6-7-8(9)10;3*1-3-4-2;/h2-7H2,1H3,(H,9,10);3*1,3-4H2,2H3;.